The maximum Gasteiger partial charge on any atom is 0.272 e. The molecule has 8 heteroatoms. The van der Waals surface area contributed by atoms with E-state index in [4.69, 9.17) is 10.5 Å². The zero-order chi connectivity index (χ0) is 27.0. The van der Waals surface area contributed by atoms with E-state index in [1.807, 2.05) is 61.6 Å². The van der Waals surface area contributed by atoms with Gasteiger partial charge in [0.1, 0.15) is 5.39 Å². The predicted molar refractivity (Wildman–Crippen MR) is 151 cm³/mol. The Morgan fingerprint density at radius 1 is 1.13 bits per heavy atom. The number of aliphatic hydroxyl groups excluding tert-OH is 1. The Morgan fingerprint density at radius 3 is 2.47 bits per heavy atom. The summed E-state index contributed by atoms with van der Waals surface area (Å²) in [7, 11) is 3.28. The summed E-state index contributed by atoms with van der Waals surface area (Å²) in [4.78, 5) is 27.7. The summed E-state index contributed by atoms with van der Waals surface area (Å²) in [6.07, 6.45) is 14.0. The Bertz CT molecular complexity index is 1500. The van der Waals surface area contributed by atoms with E-state index in [2.05, 4.69) is 5.32 Å². The number of nitrogens with two attached hydrogens (primary N) is 1. The van der Waals surface area contributed by atoms with Gasteiger partial charge in [0.25, 0.3) is 11.5 Å². The Kier molecular flexibility index (Phi) is 7.27. The van der Waals surface area contributed by atoms with E-state index in [0.717, 1.165) is 42.1 Å². The minimum absolute atomic E-state index is 0.0333. The summed E-state index contributed by atoms with van der Waals surface area (Å²) in [6, 6.07) is 6.05. The number of para-hydroxylation sites is 1. The number of amides is 1. The molecule has 4 N–H and O–H groups in total. The first-order valence-electron chi connectivity index (χ1n) is 13.3. The van der Waals surface area contributed by atoms with Gasteiger partial charge >= 0.3 is 0 Å². The van der Waals surface area contributed by atoms with E-state index in [9.17, 15) is 14.7 Å². The number of nitrogens with zero attached hydrogens (tertiary/aromatic N) is 2. The molecule has 2 heterocycles. The van der Waals surface area contributed by atoms with Crippen LogP contribution in [0.15, 0.2) is 59.4 Å². The molecule has 1 amide bonds. The topological polar surface area (TPSA) is 112 Å². The third-order valence-electron chi connectivity index (χ3n) is 7.91. The fourth-order valence-corrected chi connectivity index (χ4v) is 5.90. The van der Waals surface area contributed by atoms with Crippen molar-refractivity contribution in [2.24, 2.45) is 18.7 Å². The standard InChI is InChI=1S/C30H36N4O4/c1-18-9-8-12-22-25(18)34(17-23(35)19-10-6-4-5-7-11-19)30(37)24-26(22)33(2)27(28(24)38-3)29(36)32-21-15-13-20(31)14-16-21/h4-12,19-21,23,35H,13-17,31H2,1-3H3,(H,32,36). The lowest BCUT2D eigenvalue weighted by atomic mass is 9.92. The van der Waals surface area contributed by atoms with Crippen molar-refractivity contribution in [3.8, 4) is 5.75 Å². The molecule has 1 unspecified atom stereocenters. The van der Waals surface area contributed by atoms with E-state index in [-0.39, 0.29) is 41.8 Å². The van der Waals surface area contributed by atoms with Crippen LogP contribution < -0.4 is 21.3 Å². The molecule has 8 nitrogen and oxygen atoms in total. The van der Waals surface area contributed by atoms with Crippen molar-refractivity contribution in [3.05, 3.63) is 76.3 Å². The first-order chi connectivity index (χ1) is 18.3. The smallest absolute Gasteiger partial charge is 0.272 e. The minimum atomic E-state index is -0.824. The second-order valence-electron chi connectivity index (χ2n) is 10.4. The molecule has 0 radical (unpaired) electrons. The Hall–Kier alpha value is -3.62. The Morgan fingerprint density at radius 2 is 1.82 bits per heavy atom. The molecule has 200 valence electrons. The molecule has 5 rings (SSSR count). The van der Waals surface area contributed by atoms with Gasteiger partial charge in [0, 0.05) is 30.4 Å². The number of hydrogen-bond acceptors (Lipinski definition) is 5. The summed E-state index contributed by atoms with van der Waals surface area (Å²) < 4.78 is 9.15. The molecule has 2 aliphatic carbocycles. The van der Waals surface area contributed by atoms with Gasteiger partial charge in [0.15, 0.2) is 11.4 Å². The summed E-state index contributed by atoms with van der Waals surface area (Å²) in [5, 5.41) is 15.5. The number of rotatable bonds is 6. The molecular formula is C30H36N4O4. The van der Waals surface area contributed by atoms with E-state index >= 15 is 0 Å². The summed E-state index contributed by atoms with van der Waals surface area (Å²) in [5.41, 5.74) is 8.35. The van der Waals surface area contributed by atoms with Gasteiger partial charge in [0.2, 0.25) is 0 Å². The molecule has 1 fully saturated rings. The van der Waals surface area contributed by atoms with E-state index in [1.165, 1.54) is 7.11 Å². The van der Waals surface area contributed by atoms with Crippen LogP contribution in [0.2, 0.25) is 0 Å². The van der Waals surface area contributed by atoms with Crippen molar-refractivity contribution in [2.75, 3.05) is 7.11 Å². The number of pyridine rings is 1. The minimum Gasteiger partial charge on any atom is -0.493 e. The number of aliphatic hydroxyl groups is 1. The fourth-order valence-electron chi connectivity index (χ4n) is 5.90. The zero-order valence-corrected chi connectivity index (χ0v) is 22.2. The van der Waals surface area contributed by atoms with Crippen LogP contribution in [0.3, 0.4) is 0 Å². The van der Waals surface area contributed by atoms with Crippen molar-refractivity contribution < 1.29 is 14.6 Å². The third-order valence-corrected chi connectivity index (χ3v) is 7.91. The number of hydrogen-bond donors (Lipinski definition) is 3. The molecule has 1 atom stereocenters. The first-order valence-corrected chi connectivity index (χ1v) is 13.3. The highest BCUT2D eigenvalue weighted by atomic mass is 16.5. The van der Waals surface area contributed by atoms with Gasteiger partial charge in [-0.15, -0.1) is 0 Å². The number of allylic oxidation sites excluding steroid dienone is 4. The average Bonchev–Trinajstić information content (AvgIpc) is 3.03. The van der Waals surface area contributed by atoms with Crippen molar-refractivity contribution in [1.29, 1.82) is 0 Å². The van der Waals surface area contributed by atoms with Gasteiger partial charge < -0.3 is 30.0 Å². The average molecular weight is 517 g/mol. The fraction of sp³-hybridized carbons (Fsp3) is 0.400. The molecule has 1 aromatic carbocycles. The second kappa shape index (κ2) is 10.6. The van der Waals surface area contributed by atoms with Crippen LogP contribution >= 0.6 is 0 Å². The van der Waals surface area contributed by atoms with E-state index in [1.54, 1.807) is 16.2 Å². The molecule has 2 aliphatic rings. The number of benzene rings is 1. The Labute approximate surface area is 222 Å². The van der Waals surface area contributed by atoms with Crippen molar-refractivity contribution in [3.63, 3.8) is 0 Å². The van der Waals surface area contributed by atoms with Crippen molar-refractivity contribution >= 4 is 27.7 Å². The van der Waals surface area contributed by atoms with Crippen LogP contribution in [-0.4, -0.2) is 45.4 Å². The molecule has 3 aromatic rings. The van der Waals surface area contributed by atoms with E-state index < -0.39 is 6.10 Å². The SMILES string of the molecule is COc1c(C(=O)NC2CCC(N)CC2)n(C)c2c1c(=O)n(CC(O)C1C=CC=CC=C1)c1c(C)cccc21. The number of methoxy groups -OCH3 is 1. The van der Waals surface area contributed by atoms with Gasteiger partial charge in [-0.25, -0.2) is 0 Å². The second-order valence-corrected chi connectivity index (χ2v) is 10.4. The lowest BCUT2D eigenvalue weighted by Crippen LogP contribution is -2.41. The van der Waals surface area contributed by atoms with Gasteiger partial charge in [-0.05, 0) is 38.2 Å². The highest BCUT2D eigenvalue weighted by Crippen LogP contribution is 2.36. The Balaban J connectivity index is 1.65. The lowest BCUT2D eigenvalue weighted by molar-refractivity contribution is 0.0914. The van der Waals surface area contributed by atoms with Crippen LogP contribution in [0.5, 0.6) is 5.75 Å². The number of aryl methyl sites for hydroxylation is 2. The first kappa shape index (κ1) is 26.0. The van der Waals surface area contributed by atoms with Gasteiger partial charge in [0.05, 0.1) is 30.8 Å². The maximum atomic E-state index is 14.1. The maximum absolute atomic E-state index is 14.1. The molecule has 38 heavy (non-hydrogen) atoms. The van der Waals surface area contributed by atoms with Crippen LogP contribution in [0, 0.1) is 12.8 Å². The molecule has 2 aromatic heterocycles. The number of carbonyl (C=O) groups is 1. The molecule has 1 saturated carbocycles. The monoisotopic (exact) mass is 516 g/mol. The molecule has 0 spiro atoms. The van der Waals surface area contributed by atoms with Crippen LogP contribution in [0.1, 0.15) is 41.7 Å². The molecular weight excluding hydrogens is 480 g/mol. The normalized spacial score (nSPS) is 20.7. The number of nitrogens with one attached hydrogen (secondary N) is 1. The lowest BCUT2D eigenvalue weighted by Gasteiger charge is -2.26. The number of ether oxygens (including phenoxy) is 1. The van der Waals surface area contributed by atoms with Crippen LogP contribution in [0.4, 0.5) is 0 Å². The van der Waals surface area contributed by atoms with Crippen LogP contribution in [0.25, 0.3) is 21.8 Å². The van der Waals surface area contributed by atoms with Crippen LogP contribution in [-0.2, 0) is 13.6 Å². The largest absolute Gasteiger partial charge is 0.493 e. The van der Waals surface area contributed by atoms with E-state index in [0.29, 0.717) is 16.6 Å². The molecule has 0 bridgehead atoms. The number of aromatic nitrogens is 2. The van der Waals surface area contributed by atoms with Crippen molar-refractivity contribution in [2.45, 2.75) is 57.3 Å². The zero-order valence-electron chi connectivity index (χ0n) is 22.2. The summed E-state index contributed by atoms with van der Waals surface area (Å²) in [5.74, 6) is -0.258. The quantitative estimate of drug-likeness (QED) is 0.465. The molecule has 0 aliphatic heterocycles. The summed E-state index contributed by atoms with van der Waals surface area (Å²) in [6.45, 7) is 2.05. The molecule has 0 saturated heterocycles. The highest BCUT2D eigenvalue weighted by molar-refractivity contribution is 6.12. The predicted octanol–water partition coefficient (Wildman–Crippen LogP) is 3.47. The number of fused-ring (bicyclic) bond motifs is 3. The highest BCUT2D eigenvalue weighted by Gasteiger charge is 2.30. The summed E-state index contributed by atoms with van der Waals surface area (Å²) >= 11 is 0. The number of carbonyl (C=O) groups excluding carboxylic acids is 1. The third kappa shape index (κ3) is 4.59. The van der Waals surface area contributed by atoms with Gasteiger partial charge in [-0.2, -0.15) is 0 Å². The van der Waals surface area contributed by atoms with Gasteiger partial charge in [-0.1, -0.05) is 54.7 Å². The van der Waals surface area contributed by atoms with Gasteiger partial charge in [-0.3, -0.25) is 9.59 Å². The van der Waals surface area contributed by atoms with Crippen molar-refractivity contribution in [1.82, 2.24) is 14.5 Å².